The molecule has 8 heteroatoms. The van der Waals surface area contributed by atoms with Gasteiger partial charge in [0.05, 0.1) is 25.3 Å². The van der Waals surface area contributed by atoms with E-state index in [1.807, 2.05) is 31.2 Å². The third-order valence-corrected chi connectivity index (χ3v) is 6.38. The lowest BCUT2D eigenvalue weighted by molar-refractivity contribution is -0.132. The van der Waals surface area contributed by atoms with Gasteiger partial charge in [-0.3, -0.25) is 19.9 Å². The van der Waals surface area contributed by atoms with Gasteiger partial charge in [0.15, 0.2) is 0 Å². The van der Waals surface area contributed by atoms with Crippen molar-refractivity contribution >= 4 is 28.6 Å². The number of carbonyl (C=O) groups excluding carboxylic acids is 2. The maximum absolute atomic E-state index is 13.5. The van der Waals surface area contributed by atoms with Crippen molar-refractivity contribution in [2.24, 2.45) is 5.10 Å². The minimum absolute atomic E-state index is 0.250. The quantitative estimate of drug-likeness (QED) is 0.780. The summed E-state index contributed by atoms with van der Waals surface area (Å²) < 4.78 is 10.9. The van der Waals surface area contributed by atoms with Gasteiger partial charge in [-0.05, 0) is 19.9 Å². The molecule has 1 atom stereocenters. The second kappa shape index (κ2) is 7.11. The number of likely N-dealkylation sites (N-methyl/N-ethyl adjacent to an activating group) is 1. The van der Waals surface area contributed by atoms with Crippen molar-refractivity contribution in [2.45, 2.75) is 18.7 Å². The standard InChI is InChI=1S/C21H21N3O4S/c1-5-24-19(25)15-10-14(27-3)11-16(28-4)17(15)21(20(24)26)23-22-18(29-21)13-8-6-12(2)7-9-13/h6-11,23H,5H2,1-4H3. The number of methoxy groups -OCH3 is 2. The number of hydrogen-bond donors (Lipinski definition) is 1. The van der Waals surface area contributed by atoms with Gasteiger partial charge in [-0.25, -0.2) is 0 Å². The van der Waals surface area contributed by atoms with Crippen molar-refractivity contribution in [3.05, 3.63) is 58.7 Å². The molecule has 2 amide bonds. The van der Waals surface area contributed by atoms with E-state index < -0.39 is 4.87 Å². The molecule has 0 radical (unpaired) electrons. The van der Waals surface area contributed by atoms with E-state index in [1.165, 1.54) is 30.9 Å². The summed E-state index contributed by atoms with van der Waals surface area (Å²) in [7, 11) is 3.03. The van der Waals surface area contributed by atoms with Crippen LogP contribution in [0.25, 0.3) is 0 Å². The first-order valence-electron chi connectivity index (χ1n) is 9.19. The Morgan fingerprint density at radius 2 is 1.86 bits per heavy atom. The number of nitrogens with zero attached hydrogens (tertiary/aromatic N) is 2. The van der Waals surface area contributed by atoms with Crippen LogP contribution in [-0.2, 0) is 9.67 Å². The maximum Gasteiger partial charge on any atom is 0.272 e. The van der Waals surface area contributed by atoms with Crippen LogP contribution in [0.1, 0.15) is 34.0 Å². The normalized spacial score (nSPS) is 20.4. The van der Waals surface area contributed by atoms with E-state index in [1.54, 1.807) is 19.1 Å². The molecule has 0 bridgehead atoms. The number of imide groups is 1. The van der Waals surface area contributed by atoms with Gasteiger partial charge in [0, 0.05) is 18.2 Å². The van der Waals surface area contributed by atoms with Gasteiger partial charge in [-0.2, -0.15) is 5.10 Å². The zero-order valence-electron chi connectivity index (χ0n) is 16.6. The van der Waals surface area contributed by atoms with Crippen molar-refractivity contribution in [3.63, 3.8) is 0 Å². The second-order valence-electron chi connectivity index (χ2n) is 6.78. The zero-order valence-corrected chi connectivity index (χ0v) is 17.4. The summed E-state index contributed by atoms with van der Waals surface area (Å²) in [5.74, 6) is 0.146. The van der Waals surface area contributed by atoms with Crippen LogP contribution in [0.15, 0.2) is 41.5 Å². The highest BCUT2D eigenvalue weighted by molar-refractivity contribution is 8.16. The molecule has 1 N–H and O–H groups in total. The van der Waals surface area contributed by atoms with Crippen molar-refractivity contribution < 1.29 is 19.1 Å². The minimum atomic E-state index is -1.28. The van der Waals surface area contributed by atoms with E-state index >= 15 is 0 Å². The Hall–Kier alpha value is -3.00. The van der Waals surface area contributed by atoms with Crippen molar-refractivity contribution in [3.8, 4) is 11.5 Å². The molecule has 0 fully saturated rings. The van der Waals surface area contributed by atoms with Gasteiger partial charge in [-0.15, -0.1) is 0 Å². The highest BCUT2D eigenvalue weighted by Gasteiger charge is 2.56. The number of fused-ring (bicyclic) bond motifs is 2. The van der Waals surface area contributed by atoms with E-state index in [0.29, 0.717) is 27.7 Å². The molecule has 0 aliphatic carbocycles. The van der Waals surface area contributed by atoms with Gasteiger partial charge in [0.1, 0.15) is 16.5 Å². The summed E-state index contributed by atoms with van der Waals surface area (Å²) in [4.78, 5) is 26.5. The molecule has 0 saturated carbocycles. The molecule has 1 spiro atoms. The third-order valence-electron chi connectivity index (χ3n) is 5.08. The first-order valence-corrected chi connectivity index (χ1v) is 10.0. The van der Waals surface area contributed by atoms with Gasteiger partial charge in [0.25, 0.3) is 11.8 Å². The Morgan fingerprint density at radius 1 is 1.14 bits per heavy atom. The molecule has 2 aromatic carbocycles. The molecule has 2 aliphatic heterocycles. The SMILES string of the molecule is CCN1C(=O)c2cc(OC)cc(OC)c2C2(NN=C(c3ccc(C)cc3)S2)C1=O. The zero-order chi connectivity index (χ0) is 20.8. The molecule has 1 unspecified atom stereocenters. The van der Waals surface area contributed by atoms with E-state index in [-0.39, 0.29) is 18.4 Å². The summed E-state index contributed by atoms with van der Waals surface area (Å²) in [6.45, 7) is 4.03. The smallest absolute Gasteiger partial charge is 0.272 e. The first-order chi connectivity index (χ1) is 13.9. The number of hydrazone groups is 1. The molecule has 0 saturated heterocycles. The molecular weight excluding hydrogens is 390 g/mol. The van der Waals surface area contributed by atoms with E-state index in [2.05, 4.69) is 10.5 Å². The third kappa shape index (κ3) is 2.86. The summed E-state index contributed by atoms with van der Waals surface area (Å²) in [6.07, 6.45) is 0. The number of benzene rings is 2. The minimum Gasteiger partial charge on any atom is -0.497 e. The summed E-state index contributed by atoms with van der Waals surface area (Å²) in [6, 6.07) is 11.2. The lowest BCUT2D eigenvalue weighted by Crippen LogP contribution is -2.57. The predicted octanol–water partition coefficient (Wildman–Crippen LogP) is 2.87. The average molecular weight is 411 g/mol. The lowest BCUT2D eigenvalue weighted by atomic mass is 9.92. The van der Waals surface area contributed by atoms with Crippen LogP contribution >= 0.6 is 11.8 Å². The summed E-state index contributed by atoms with van der Waals surface area (Å²) in [5.41, 5.74) is 5.89. The fourth-order valence-electron chi connectivity index (χ4n) is 3.56. The topological polar surface area (TPSA) is 80.2 Å². The van der Waals surface area contributed by atoms with Crippen molar-refractivity contribution in [1.82, 2.24) is 10.3 Å². The molecule has 2 aliphatic rings. The predicted molar refractivity (Wildman–Crippen MR) is 111 cm³/mol. The molecule has 150 valence electrons. The van der Waals surface area contributed by atoms with Gasteiger partial charge in [0.2, 0.25) is 4.87 Å². The number of amides is 2. The number of nitrogens with one attached hydrogen (secondary N) is 1. The fraction of sp³-hybridized carbons (Fsp3) is 0.286. The molecule has 0 aromatic heterocycles. The first kappa shape index (κ1) is 19.3. The average Bonchev–Trinajstić information content (AvgIpc) is 3.18. The van der Waals surface area contributed by atoms with Crippen LogP contribution in [0.5, 0.6) is 11.5 Å². The van der Waals surface area contributed by atoms with Crippen molar-refractivity contribution in [2.75, 3.05) is 20.8 Å². The Morgan fingerprint density at radius 3 is 2.48 bits per heavy atom. The van der Waals surface area contributed by atoms with E-state index in [0.717, 1.165) is 11.1 Å². The largest absolute Gasteiger partial charge is 0.497 e. The van der Waals surface area contributed by atoms with Gasteiger partial charge >= 0.3 is 0 Å². The van der Waals surface area contributed by atoms with Crippen molar-refractivity contribution in [1.29, 1.82) is 0 Å². The monoisotopic (exact) mass is 411 g/mol. The molecule has 2 heterocycles. The number of hydrogen-bond acceptors (Lipinski definition) is 7. The molecule has 4 rings (SSSR count). The van der Waals surface area contributed by atoms with Crippen LogP contribution in [-0.4, -0.2) is 42.5 Å². The Kier molecular flexibility index (Phi) is 4.74. The fourth-order valence-corrected chi connectivity index (χ4v) is 4.80. The van der Waals surface area contributed by atoms with Crippen LogP contribution in [0.4, 0.5) is 0 Å². The Balaban J connectivity index is 1.88. The molecular formula is C21H21N3O4S. The van der Waals surface area contributed by atoms with Crippen LogP contribution in [0.2, 0.25) is 0 Å². The Bertz CT molecular complexity index is 1030. The van der Waals surface area contributed by atoms with Crippen LogP contribution in [0.3, 0.4) is 0 Å². The summed E-state index contributed by atoms with van der Waals surface area (Å²) >= 11 is 1.28. The van der Waals surface area contributed by atoms with Crippen LogP contribution in [0, 0.1) is 6.92 Å². The second-order valence-corrected chi connectivity index (χ2v) is 7.99. The van der Waals surface area contributed by atoms with Crippen LogP contribution < -0.4 is 14.9 Å². The number of thioether (sulfide) groups is 1. The number of carbonyl (C=O) groups is 2. The number of aryl methyl sites for hydroxylation is 1. The maximum atomic E-state index is 13.5. The number of ether oxygens (including phenoxy) is 2. The van der Waals surface area contributed by atoms with E-state index in [4.69, 9.17) is 9.47 Å². The Labute approximate surface area is 173 Å². The lowest BCUT2D eigenvalue weighted by Gasteiger charge is -2.38. The number of rotatable bonds is 4. The van der Waals surface area contributed by atoms with Gasteiger partial charge in [-0.1, -0.05) is 41.6 Å². The molecule has 29 heavy (non-hydrogen) atoms. The molecule has 7 nitrogen and oxygen atoms in total. The molecule has 2 aromatic rings. The van der Waals surface area contributed by atoms with Gasteiger partial charge < -0.3 is 9.47 Å². The van der Waals surface area contributed by atoms with E-state index in [9.17, 15) is 9.59 Å². The highest BCUT2D eigenvalue weighted by Crippen LogP contribution is 2.50. The highest BCUT2D eigenvalue weighted by atomic mass is 32.2. The summed E-state index contributed by atoms with van der Waals surface area (Å²) in [5, 5.41) is 5.13.